The van der Waals surface area contributed by atoms with Crippen molar-refractivity contribution in [2.45, 2.75) is 38.7 Å². The highest BCUT2D eigenvalue weighted by molar-refractivity contribution is 7.50. The van der Waals surface area contributed by atoms with Crippen LogP contribution in [0.2, 0.25) is 0 Å². The number of hydrogen-bond acceptors (Lipinski definition) is 2. The molecular weight excluding hydrogens is 388 g/mol. The van der Waals surface area contributed by atoms with E-state index >= 15 is 0 Å². The van der Waals surface area contributed by atoms with Gasteiger partial charge in [-0.25, -0.2) is 4.79 Å². The van der Waals surface area contributed by atoms with E-state index in [1.807, 2.05) is 26.0 Å². The molecule has 30 heavy (non-hydrogen) atoms. The van der Waals surface area contributed by atoms with Crippen LogP contribution in [-0.2, 0) is 4.74 Å². The Hall–Kier alpha value is -2.91. The molecule has 0 amide bonds. The Morgan fingerprint density at radius 3 is 2.03 bits per heavy atom. The SMILES string of the molecule is CC(C)(OC(=O)c1ccc(-[s+]2c3ccccc3c3ccccc32)cc1)C1=CCCC1. The third kappa shape index (κ3) is 3.23. The summed E-state index contributed by atoms with van der Waals surface area (Å²) in [5, 5.41) is 2.62. The topological polar surface area (TPSA) is 26.3 Å². The molecule has 1 aliphatic carbocycles. The fourth-order valence-corrected chi connectivity index (χ4v) is 6.79. The molecular formula is C27H25O2S+. The first-order valence-corrected chi connectivity index (χ1v) is 11.7. The van der Waals surface area contributed by atoms with Crippen molar-refractivity contribution in [3.05, 3.63) is 90.0 Å². The highest BCUT2D eigenvalue weighted by Crippen LogP contribution is 2.48. The summed E-state index contributed by atoms with van der Waals surface area (Å²) in [5.41, 5.74) is 1.29. The Morgan fingerprint density at radius 1 is 0.867 bits per heavy atom. The average molecular weight is 414 g/mol. The second-order valence-corrected chi connectivity index (χ2v) is 10.3. The molecule has 0 aliphatic heterocycles. The van der Waals surface area contributed by atoms with Crippen molar-refractivity contribution in [1.82, 2.24) is 0 Å². The van der Waals surface area contributed by atoms with Crippen molar-refractivity contribution in [2.75, 3.05) is 0 Å². The van der Waals surface area contributed by atoms with Crippen LogP contribution in [0.5, 0.6) is 0 Å². The maximum absolute atomic E-state index is 12.8. The van der Waals surface area contributed by atoms with Crippen LogP contribution in [0.4, 0.5) is 0 Å². The molecule has 0 atom stereocenters. The largest absolute Gasteiger partial charge is 0.452 e. The lowest BCUT2D eigenvalue weighted by Gasteiger charge is -2.26. The van der Waals surface area contributed by atoms with Crippen LogP contribution < -0.4 is 0 Å². The number of ether oxygens (including phenoxy) is 1. The fraction of sp³-hybridized carbons (Fsp3) is 0.222. The van der Waals surface area contributed by atoms with Crippen molar-refractivity contribution in [3.63, 3.8) is 0 Å². The Morgan fingerprint density at radius 2 is 1.47 bits per heavy atom. The summed E-state index contributed by atoms with van der Waals surface area (Å²) in [6.45, 7) is 3.98. The van der Waals surface area contributed by atoms with Crippen molar-refractivity contribution in [1.29, 1.82) is 0 Å². The lowest BCUT2D eigenvalue weighted by atomic mass is 9.97. The highest BCUT2D eigenvalue weighted by Gasteiger charge is 2.30. The minimum Gasteiger partial charge on any atom is -0.452 e. The maximum atomic E-state index is 12.8. The van der Waals surface area contributed by atoms with Crippen LogP contribution >= 0.6 is 10.5 Å². The molecule has 0 N–H and O–H groups in total. The summed E-state index contributed by atoms with van der Waals surface area (Å²) in [5.74, 6) is -0.255. The van der Waals surface area contributed by atoms with Crippen molar-refractivity contribution < 1.29 is 9.53 Å². The molecule has 0 saturated heterocycles. The molecule has 3 aromatic carbocycles. The minimum atomic E-state index is -0.544. The van der Waals surface area contributed by atoms with Gasteiger partial charge in [-0.2, -0.15) is 0 Å². The molecule has 0 bridgehead atoms. The van der Waals surface area contributed by atoms with Crippen LogP contribution in [-0.4, -0.2) is 11.6 Å². The number of esters is 1. The highest BCUT2D eigenvalue weighted by atomic mass is 32.2. The first kappa shape index (κ1) is 19.1. The molecule has 0 spiro atoms. The van der Waals surface area contributed by atoms with Gasteiger partial charge >= 0.3 is 5.97 Å². The van der Waals surface area contributed by atoms with E-state index in [0.29, 0.717) is 5.56 Å². The van der Waals surface area contributed by atoms with Gasteiger partial charge in [0, 0.05) is 21.2 Å². The van der Waals surface area contributed by atoms with Crippen molar-refractivity contribution in [2.24, 2.45) is 0 Å². The minimum absolute atomic E-state index is 0.144. The third-order valence-corrected chi connectivity index (χ3v) is 8.33. The van der Waals surface area contributed by atoms with Crippen molar-refractivity contribution >= 4 is 36.6 Å². The van der Waals surface area contributed by atoms with E-state index in [9.17, 15) is 4.79 Å². The molecule has 150 valence electrons. The van der Waals surface area contributed by atoms with Gasteiger partial charge < -0.3 is 4.74 Å². The van der Waals surface area contributed by atoms with E-state index in [2.05, 4.69) is 66.7 Å². The van der Waals surface area contributed by atoms with Crippen molar-refractivity contribution in [3.8, 4) is 4.90 Å². The second-order valence-electron chi connectivity index (χ2n) is 8.34. The van der Waals surface area contributed by atoms with E-state index in [1.54, 1.807) is 0 Å². The number of thiophene rings is 1. The van der Waals surface area contributed by atoms with Crippen LogP contribution in [0.15, 0.2) is 84.4 Å². The first-order chi connectivity index (χ1) is 14.5. The molecule has 1 aromatic heterocycles. The van der Waals surface area contributed by atoms with E-state index in [4.69, 9.17) is 4.74 Å². The van der Waals surface area contributed by atoms with Gasteiger partial charge in [0.15, 0.2) is 14.3 Å². The van der Waals surface area contributed by atoms with Gasteiger partial charge in [0.05, 0.1) is 5.56 Å². The Kier molecular flexibility index (Phi) is 4.71. The molecule has 0 saturated carbocycles. The first-order valence-electron chi connectivity index (χ1n) is 10.5. The van der Waals surface area contributed by atoms with Gasteiger partial charge in [0.25, 0.3) is 0 Å². The molecule has 1 aliphatic rings. The zero-order valence-electron chi connectivity index (χ0n) is 17.4. The molecule has 3 heteroatoms. The molecule has 1 heterocycles. The summed E-state index contributed by atoms with van der Waals surface area (Å²) in [6, 6.07) is 25.2. The summed E-state index contributed by atoms with van der Waals surface area (Å²) >= 11 is 0. The number of hydrogen-bond donors (Lipinski definition) is 0. The van der Waals surface area contributed by atoms with Crippen LogP contribution in [0.1, 0.15) is 43.5 Å². The lowest BCUT2D eigenvalue weighted by molar-refractivity contribution is 0.0126. The Balaban J connectivity index is 1.49. The van der Waals surface area contributed by atoms with Crippen LogP contribution in [0.25, 0.3) is 25.1 Å². The van der Waals surface area contributed by atoms with Gasteiger partial charge in [0.2, 0.25) is 0 Å². The van der Waals surface area contributed by atoms with Gasteiger partial charge in [-0.05, 0) is 87.2 Å². The van der Waals surface area contributed by atoms with Crippen LogP contribution in [0.3, 0.4) is 0 Å². The summed E-state index contributed by atoms with van der Waals surface area (Å²) in [7, 11) is -0.144. The normalized spacial score (nSPS) is 14.3. The van der Waals surface area contributed by atoms with E-state index in [0.717, 1.165) is 19.3 Å². The third-order valence-electron chi connectivity index (χ3n) is 5.99. The Labute approximate surface area is 179 Å². The summed E-state index contributed by atoms with van der Waals surface area (Å²) in [6.07, 6.45) is 5.46. The number of fused-ring (bicyclic) bond motifs is 3. The predicted molar refractivity (Wildman–Crippen MR) is 127 cm³/mol. The number of allylic oxidation sites excluding steroid dienone is 1. The average Bonchev–Trinajstić information content (AvgIpc) is 3.41. The van der Waals surface area contributed by atoms with Gasteiger partial charge in [-0.3, -0.25) is 0 Å². The fourth-order valence-electron chi connectivity index (χ4n) is 4.41. The lowest BCUT2D eigenvalue weighted by Crippen LogP contribution is -2.29. The van der Waals surface area contributed by atoms with E-state index < -0.39 is 5.60 Å². The molecule has 0 fully saturated rings. The smallest absolute Gasteiger partial charge is 0.338 e. The predicted octanol–water partition coefficient (Wildman–Crippen LogP) is 7.78. The number of carbonyl (C=O) groups excluding carboxylic acids is 1. The van der Waals surface area contributed by atoms with Gasteiger partial charge in [-0.1, -0.05) is 30.3 Å². The zero-order valence-corrected chi connectivity index (χ0v) is 18.2. The molecule has 5 rings (SSSR count). The second kappa shape index (κ2) is 7.41. The van der Waals surface area contributed by atoms with Gasteiger partial charge in [0.1, 0.15) is 5.60 Å². The van der Waals surface area contributed by atoms with E-state index in [1.165, 1.54) is 30.6 Å². The molecule has 0 radical (unpaired) electrons. The zero-order chi connectivity index (χ0) is 20.7. The monoisotopic (exact) mass is 413 g/mol. The van der Waals surface area contributed by atoms with Gasteiger partial charge in [-0.15, -0.1) is 0 Å². The quantitative estimate of drug-likeness (QED) is 0.194. The standard InChI is InChI=1S/C27H25O2S/c1-27(2,20-9-3-4-10-20)29-26(28)19-15-17-21(18-16-19)30-24-13-7-5-11-22(24)23-12-6-8-14-25(23)30/h5-9,11-18H,3-4,10H2,1-2H3/q+1. The molecule has 2 nitrogen and oxygen atoms in total. The molecule has 4 aromatic rings. The molecule has 0 unspecified atom stereocenters. The summed E-state index contributed by atoms with van der Waals surface area (Å²) in [4.78, 5) is 14.0. The number of benzene rings is 3. The van der Waals surface area contributed by atoms with E-state index in [-0.39, 0.29) is 16.4 Å². The summed E-state index contributed by atoms with van der Waals surface area (Å²) < 4.78 is 8.58. The number of carbonyl (C=O) groups is 1. The Bertz CT molecular complexity index is 1220. The van der Waals surface area contributed by atoms with Crippen LogP contribution in [0, 0.1) is 0 Å². The maximum Gasteiger partial charge on any atom is 0.338 e. The number of rotatable bonds is 4.